The fraction of sp³-hybridized carbons (Fsp3) is 0.909. The first-order valence-electron chi connectivity index (χ1n) is 5.29. The zero-order valence-electron chi connectivity index (χ0n) is 10.4. The summed E-state index contributed by atoms with van der Waals surface area (Å²) in [5.41, 5.74) is 0. The van der Waals surface area contributed by atoms with Crippen LogP contribution in [0.3, 0.4) is 0 Å². The number of rotatable bonds is 0. The third-order valence-electron chi connectivity index (χ3n) is 2.16. The van der Waals surface area contributed by atoms with E-state index in [0.29, 0.717) is 0 Å². The molecule has 0 aromatic heterocycles. The molecule has 1 saturated heterocycles. The van der Waals surface area contributed by atoms with E-state index >= 15 is 0 Å². The van der Waals surface area contributed by atoms with Gasteiger partial charge >= 0.3 is 0 Å². The van der Waals surface area contributed by atoms with Gasteiger partial charge in [0.25, 0.3) is 0 Å². The van der Waals surface area contributed by atoms with Crippen molar-refractivity contribution in [2.45, 2.75) is 33.2 Å². The third kappa shape index (κ3) is 8.20. The number of piperazine rings is 1. The SMILES string of the molecule is C=O.CC1CN(C)CCN1C.CCC. The largest absolute Gasteiger partial charge is 0.307 e. The van der Waals surface area contributed by atoms with Crippen molar-refractivity contribution in [2.75, 3.05) is 33.7 Å². The maximum absolute atomic E-state index is 8.00. The number of hydrogen-bond donors (Lipinski definition) is 0. The van der Waals surface area contributed by atoms with Crippen LogP contribution < -0.4 is 0 Å². The van der Waals surface area contributed by atoms with Crippen LogP contribution in [0.15, 0.2) is 0 Å². The van der Waals surface area contributed by atoms with E-state index in [-0.39, 0.29) is 0 Å². The second kappa shape index (κ2) is 10.7. The van der Waals surface area contributed by atoms with Gasteiger partial charge in [-0.1, -0.05) is 20.3 Å². The second-order valence-corrected chi connectivity index (χ2v) is 3.80. The van der Waals surface area contributed by atoms with Gasteiger partial charge in [0.05, 0.1) is 0 Å². The Morgan fingerprint density at radius 3 is 1.93 bits per heavy atom. The summed E-state index contributed by atoms with van der Waals surface area (Å²) in [5, 5.41) is 0. The van der Waals surface area contributed by atoms with Crippen LogP contribution >= 0.6 is 0 Å². The predicted molar refractivity (Wildman–Crippen MR) is 62.7 cm³/mol. The number of carbonyl (C=O) groups excluding carboxylic acids is 1. The molecule has 1 atom stereocenters. The molecule has 1 aliphatic rings. The molecule has 1 unspecified atom stereocenters. The van der Waals surface area contributed by atoms with Crippen molar-refractivity contribution < 1.29 is 4.79 Å². The minimum atomic E-state index is 0.740. The lowest BCUT2D eigenvalue weighted by Crippen LogP contribution is -2.48. The van der Waals surface area contributed by atoms with E-state index in [0.717, 1.165) is 6.04 Å². The standard InChI is InChI=1S/C7H16N2.C3H8.CH2O/c1-7-6-8(2)4-5-9(7)3;1-3-2;1-2/h7H,4-6H2,1-3H3;3H2,1-2H3;1H2. The van der Waals surface area contributed by atoms with Crippen LogP contribution in [-0.2, 0) is 4.79 Å². The highest BCUT2D eigenvalue weighted by atomic mass is 16.1. The number of likely N-dealkylation sites (N-methyl/N-ethyl adjacent to an activating group) is 2. The van der Waals surface area contributed by atoms with E-state index in [1.165, 1.54) is 26.1 Å². The van der Waals surface area contributed by atoms with Crippen molar-refractivity contribution in [3.05, 3.63) is 0 Å². The van der Waals surface area contributed by atoms with E-state index < -0.39 is 0 Å². The first-order chi connectivity index (χ1) is 6.61. The summed E-state index contributed by atoms with van der Waals surface area (Å²) in [4.78, 5) is 12.8. The van der Waals surface area contributed by atoms with Gasteiger partial charge < -0.3 is 14.6 Å². The lowest BCUT2D eigenvalue weighted by molar-refractivity contribution is -0.0979. The van der Waals surface area contributed by atoms with E-state index in [1.807, 2.05) is 6.79 Å². The molecule has 1 rings (SSSR count). The molecule has 1 aliphatic heterocycles. The van der Waals surface area contributed by atoms with Crippen LogP contribution in [0.1, 0.15) is 27.2 Å². The molecule has 0 amide bonds. The summed E-state index contributed by atoms with van der Waals surface area (Å²) in [6.07, 6.45) is 1.25. The summed E-state index contributed by atoms with van der Waals surface area (Å²) in [7, 11) is 4.38. The molecule has 86 valence electrons. The van der Waals surface area contributed by atoms with Crippen LogP contribution in [0.2, 0.25) is 0 Å². The van der Waals surface area contributed by atoms with E-state index in [2.05, 4.69) is 44.7 Å². The van der Waals surface area contributed by atoms with Gasteiger partial charge in [0, 0.05) is 25.7 Å². The van der Waals surface area contributed by atoms with Crippen LogP contribution in [0.25, 0.3) is 0 Å². The first-order valence-corrected chi connectivity index (χ1v) is 5.29. The van der Waals surface area contributed by atoms with Crippen molar-refractivity contribution in [1.82, 2.24) is 9.80 Å². The van der Waals surface area contributed by atoms with Crippen molar-refractivity contribution in [2.24, 2.45) is 0 Å². The molecule has 0 spiro atoms. The Balaban J connectivity index is 0. The first kappa shape index (κ1) is 16.0. The summed E-state index contributed by atoms with van der Waals surface area (Å²) < 4.78 is 0. The van der Waals surface area contributed by atoms with Crippen LogP contribution in [0.5, 0.6) is 0 Å². The lowest BCUT2D eigenvalue weighted by Gasteiger charge is -2.35. The van der Waals surface area contributed by atoms with Gasteiger partial charge in [0.1, 0.15) is 6.79 Å². The van der Waals surface area contributed by atoms with Gasteiger partial charge in [-0.15, -0.1) is 0 Å². The smallest absolute Gasteiger partial charge is 0.106 e. The second-order valence-electron chi connectivity index (χ2n) is 3.80. The Hall–Kier alpha value is -0.410. The number of nitrogens with zero attached hydrogens (tertiary/aromatic N) is 2. The van der Waals surface area contributed by atoms with Gasteiger partial charge in [-0.2, -0.15) is 0 Å². The maximum Gasteiger partial charge on any atom is 0.106 e. The Bertz CT molecular complexity index is 120. The van der Waals surface area contributed by atoms with Crippen molar-refractivity contribution in [3.8, 4) is 0 Å². The quantitative estimate of drug-likeness (QED) is 0.594. The van der Waals surface area contributed by atoms with Gasteiger partial charge in [0.2, 0.25) is 0 Å². The number of carbonyl (C=O) groups is 1. The Morgan fingerprint density at radius 1 is 1.21 bits per heavy atom. The fourth-order valence-corrected chi connectivity index (χ4v) is 1.23. The zero-order valence-corrected chi connectivity index (χ0v) is 10.4. The average Bonchev–Trinajstić information content (AvgIpc) is 2.17. The molecule has 3 heteroatoms. The van der Waals surface area contributed by atoms with Gasteiger partial charge in [-0.3, -0.25) is 0 Å². The topological polar surface area (TPSA) is 23.6 Å². The average molecular weight is 202 g/mol. The van der Waals surface area contributed by atoms with Crippen molar-refractivity contribution in [1.29, 1.82) is 0 Å². The molecule has 0 bridgehead atoms. The lowest BCUT2D eigenvalue weighted by atomic mass is 10.2. The molecule has 0 N–H and O–H groups in total. The van der Waals surface area contributed by atoms with Gasteiger partial charge in [-0.05, 0) is 21.0 Å². The highest BCUT2D eigenvalue weighted by Crippen LogP contribution is 2.03. The van der Waals surface area contributed by atoms with Crippen LogP contribution in [0.4, 0.5) is 0 Å². The molecule has 0 aliphatic carbocycles. The van der Waals surface area contributed by atoms with E-state index in [4.69, 9.17) is 4.79 Å². The van der Waals surface area contributed by atoms with Crippen LogP contribution in [-0.4, -0.2) is 56.4 Å². The van der Waals surface area contributed by atoms with E-state index in [9.17, 15) is 0 Å². The summed E-state index contributed by atoms with van der Waals surface area (Å²) in [6, 6.07) is 0.740. The molecule has 0 aromatic carbocycles. The van der Waals surface area contributed by atoms with Gasteiger partial charge in [0.15, 0.2) is 0 Å². The van der Waals surface area contributed by atoms with E-state index in [1.54, 1.807) is 0 Å². The molecule has 0 saturated carbocycles. The highest BCUT2D eigenvalue weighted by Gasteiger charge is 2.16. The normalized spacial score (nSPS) is 22.8. The van der Waals surface area contributed by atoms with Crippen molar-refractivity contribution in [3.63, 3.8) is 0 Å². The third-order valence-corrected chi connectivity index (χ3v) is 2.16. The minimum absolute atomic E-state index is 0.740. The molecule has 1 heterocycles. The molecule has 0 radical (unpaired) electrons. The number of hydrogen-bond acceptors (Lipinski definition) is 3. The van der Waals surface area contributed by atoms with Gasteiger partial charge in [-0.25, -0.2) is 0 Å². The summed E-state index contributed by atoms with van der Waals surface area (Å²) >= 11 is 0. The Labute approximate surface area is 89.1 Å². The zero-order chi connectivity index (χ0) is 11.6. The fourth-order valence-electron chi connectivity index (χ4n) is 1.23. The summed E-state index contributed by atoms with van der Waals surface area (Å²) in [6.45, 7) is 12.2. The molecular formula is C11H26N2O. The van der Waals surface area contributed by atoms with Crippen molar-refractivity contribution >= 4 is 6.79 Å². The molecule has 0 aromatic rings. The predicted octanol–water partition coefficient (Wildman–Crippen LogP) is 1.48. The molecule has 1 fully saturated rings. The molecular weight excluding hydrogens is 176 g/mol. The molecule has 14 heavy (non-hydrogen) atoms. The molecule has 3 nitrogen and oxygen atoms in total. The maximum atomic E-state index is 8.00. The Kier molecular flexibility index (Phi) is 12.2. The minimum Gasteiger partial charge on any atom is -0.307 e. The van der Waals surface area contributed by atoms with Crippen LogP contribution in [0, 0.1) is 0 Å². The Morgan fingerprint density at radius 2 is 1.64 bits per heavy atom. The monoisotopic (exact) mass is 202 g/mol. The summed E-state index contributed by atoms with van der Waals surface area (Å²) in [5.74, 6) is 0. The highest BCUT2D eigenvalue weighted by molar-refractivity contribution is 5.10.